The summed E-state index contributed by atoms with van der Waals surface area (Å²) in [6.07, 6.45) is -0.156. The number of rotatable bonds is 6. The lowest BCUT2D eigenvalue weighted by Crippen LogP contribution is -2.56. The number of likely N-dealkylation sites (tertiary alicyclic amines) is 1. The summed E-state index contributed by atoms with van der Waals surface area (Å²) < 4.78 is 19.8. The predicted molar refractivity (Wildman–Crippen MR) is 118 cm³/mol. The SMILES string of the molecule is COc1ccc(OC)c(-c2cc(C(=O)N3CC(Oc4cc(C)n(C)c(=O)c4)C3)n(C)n2)c1. The van der Waals surface area contributed by atoms with Crippen LogP contribution in [0.1, 0.15) is 16.2 Å². The van der Waals surface area contributed by atoms with E-state index < -0.39 is 0 Å². The van der Waals surface area contributed by atoms with Gasteiger partial charge in [-0.3, -0.25) is 14.3 Å². The summed E-state index contributed by atoms with van der Waals surface area (Å²) in [5.41, 5.74) is 2.52. The number of hydrogen-bond donors (Lipinski definition) is 0. The van der Waals surface area contributed by atoms with Crippen molar-refractivity contribution in [2.45, 2.75) is 13.0 Å². The van der Waals surface area contributed by atoms with Gasteiger partial charge in [-0.1, -0.05) is 0 Å². The van der Waals surface area contributed by atoms with Gasteiger partial charge in [0.25, 0.3) is 11.5 Å². The fraction of sp³-hybridized carbons (Fsp3) is 0.348. The van der Waals surface area contributed by atoms with Crippen LogP contribution in [-0.4, -0.2) is 58.6 Å². The van der Waals surface area contributed by atoms with E-state index in [4.69, 9.17) is 14.2 Å². The maximum atomic E-state index is 13.0. The largest absolute Gasteiger partial charge is 0.497 e. The Kier molecular flexibility index (Phi) is 5.65. The van der Waals surface area contributed by atoms with Crippen LogP contribution in [0.3, 0.4) is 0 Å². The highest BCUT2D eigenvalue weighted by molar-refractivity contribution is 5.94. The van der Waals surface area contributed by atoms with Crippen LogP contribution in [-0.2, 0) is 14.1 Å². The summed E-state index contributed by atoms with van der Waals surface area (Å²) in [5, 5.41) is 4.51. The summed E-state index contributed by atoms with van der Waals surface area (Å²) in [4.78, 5) is 26.7. The highest BCUT2D eigenvalue weighted by Gasteiger charge is 2.34. The molecule has 1 aliphatic heterocycles. The summed E-state index contributed by atoms with van der Waals surface area (Å²) in [7, 11) is 6.63. The molecule has 32 heavy (non-hydrogen) atoms. The van der Waals surface area contributed by atoms with E-state index in [0.717, 1.165) is 11.3 Å². The molecule has 1 aliphatic rings. The molecule has 3 aromatic rings. The number of hydrogen-bond acceptors (Lipinski definition) is 6. The lowest BCUT2D eigenvalue weighted by Gasteiger charge is -2.38. The second-order valence-electron chi connectivity index (χ2n) is 7.78. The Morgan fingerprint density at radius 1 is 1.03 bits per heavy atom. The molecule has 0 bridgehead atoms. The molecule has 0 aliphatic carbocycles. The molecule has 1 saturated heterocycles. The van der Waals surface area contributed by atoms with Crippen LogP contribution in [0.2, 0.25) is 0 Å². The number of carbonyl (C=O) groups excluding carboxylic acids is 1. The molecule has 168 valence electrons. The molecule has 1 aromatic carbocycles. The average molecular weight is 438 g/mol. The molecule has 3 heterocycles. The summed E-state index contributed by atoms with van der Waals surface area (Å²) in [6, 6.07) is 10.5. The molecule has 1 fully saturated rings. The number of benzene rings is 1. The zero-order chi connectivity index (χ0) is 23.0. The van der Waals surface area contributed by atoms with Gasteiger partial charge in [0, 0.05) is 31.4 Å². The van der Waals surface area contributed by atoms with Gasteiger partial charge in [-0.25, -0.2) is 0 Å². The highest BCUT2D eigenvalue weighted by atomic mass is 16.5. The molecule has 0 N–H and O–H groups in total. The molecule has 1 amide bonds. The van der Waals surface area contributed by atoms with Gasteiger partial charge in [0.15, 0.2) is 0 Å². The van der Waals surface area contributed by atoms with Gasteiger partial charge < -0.3 is 23.7 Å². The van der Waals surface area contributed by atoms with E-state index in [2.05, 4.69) is 5.10 Å². The van der Waals surface area contributed by atoms with E-state index >= 15 is 0 Å². The number of carbonyl (C=O) groups is 1. The van der Waals surface area contributed by atoms with Crippen LogP contribution in [0.25, 0.3) is 11.3 Å². The first-order valence-corrected chi connectivity index (χ1v) is 10.2. The lowest BCUT2D eigenvalue weighted by molar-refractivity contribution is 0.0168. The molecular weight excluding hydrogens is 412 g/mol. The molecule has 4 rings (SSSR count). The third kappa shape index (κ3) is 3.93. The molecule has 9 nitrogen and oxygen atoms in total. The van der Waals surface area contributed by atoms with E-state index in [9.17, 15) is 9.59 Å². The molecule has 0 atom stereocenters. The quantitative estimate of drug-likeness (QED) is 0.585. The Bertz CT molecular complexity index is 1220. The van der Waals surface area contributed by atoms with Gasteiger partial charge in [-0.2, -0.15) is 5.10 Å². The number of nitrogens with zero attached hydrogens (tertiary/aromatic N) is 4. The van der Waals surface area contributed by atoms with Crippen molar-refractivity contribution in [3.8, 4) is 28.5 Å². The standard InChI is InChI=1S/C23H26N4O5/c1-14-8-16(10-22(28)25(14)2)32-17-12-27(13-17)23(29)20-11-19(24-26(20)3)18-9-15(30-4)6-7-21(18)31-5/h6-11,17H,12-13H2,1-5H3. The van der Waals surface area contributed by atoms with Gasteiger partial charge >= 0.3 is 0 Å². The van der Waals surface area contributed by atoms with E-state index in [1.807, 2.05) is 25.1 Å². The minimum absolute atomic E-state index is 0.123. The molecule has 0 radical (unpaired) electrons. The fourth-order valence-corrected chi connectivity index (χ4v) is 3.65. The van der Waals surface area contributed by atoms with Crippen molar-refractivity contribution in [3.63, 3.8) is 0 Å². The van der Waals surface area contributed by atoms with Gasteiger partial charge in [-0.15, -0.1) is 0 Å². The Balaban J connectivity index is 1.47. The number of aromatic nitrogens is 3. The van der Waals surface area contributed by atoms with Crippen LogP contribution in [0.4, 0.5) is 0 Å². The maximum absolute atomic E-state index is 13.0. The first-order chi connectivity index (χ1) is 15.3. The van der Waals surface area contributed by atoms with Gasteiger partial charge in [0.1, 0.15) is 29.0 Å². The first kappa shape index (κ1) is 21.5. The minimum Gasteiger partial charge on any atom is -0.497 e. The Morgan fingerprint density at radius 3 is 2.44 bits per heavy atom. The van der Waals surface area contributed by atoms with E-state index in [0.29, 0.717) is 41.7 Å². The summed E-state index contributed by atoms with van der Waals surface area (Å²) in [6.45, 7) is 2.73. The normalized spacial score (nSPS) is 13.6. The Labute approximate surface area is 185 Å². The number of amides is 1. The van der Waals surface area contributed by atoms with E-state index in [1.165, 1.54) is 6.07 Å². The third-order valence-corrected chi connectivity index (χ3v) is 5.70. The lowest BCUT2D eigenvalue weighted by atomic mass is 10.1. The van der Waals surface area contributed by atoms with Gasteiger partial charge in [0.2, 0.25) is 0 Å². The van der Waals surface area contributed by atoms with E-state index in [1.54, 1.807) is 54.6 Å². The van der Waals surface area contributed by atoms with Crippen molar-refractivity contribution in [2.75, 3.05) is 27.3 Å². The second-order valence-corrected chi connectivity index (χ2v) is 7.78. The summed E-state index contributed by atoms with van der Waals surface area (Å²) >= 11 is 0. The van der Waals surface area contributed by atoms with Crippen LogP contribution >= 0.6 is 0 Å². The second kappa shape index (κ2) is 8.41. The molecule has 0 unspecified atom stereocenters. The minimum atomic E-state index is -0.156. The molecule has 0 saturated carbocycles. The van der Waals surface area contributed by atoms with Crippen molar-refractivity contribution < 1.29 is 19.0 Å². The molecule has 9 heteroatoms. The van der Waals surface area contributed by atoms with Crippen LogP contribution in [0, 0.1) is 6.92 Å². The molecule has 0 spiro atoms. The van der Waals surface area contributed by atoms with Crippen LogP contribution in [0.15, 0.2) is 41.2 Å². The fourth-order valence-electron chi connectivity index (χ4n) is 3.65. The Morgan fingerprint density at radius 2 is 1.78 bits per heavy atom. The van der Waals surface area contributed by atoms with Crippen molar-refractivity contribution in [2.24, 2.45) is 14.1 Å². The highest BCUT2D eigenvalue weighted by Crippen LogP contribution is 2.33. The number of pyridine rings is 1. The topological polar surface area (TPSA) is 87.8 Å². The van der Waals surface area contributed by atoms with Crippen LogP contribution < -0.4 is 19.8 Å². The van der Waals surface area contributed by atoms with Gasteiger partial charge in [0.05, 0.1) is 33.0 Å². The molecular formula is C23H26N4O5. The zero-order valence-corrected chi connectivity index (χ0v) is 18.8. The van der Waals surface area contributed by atoms with E-state index in [-0.39, 0.29) is 17.6 Å². The number of ether oxygens (including phenoxy) is 3. The maximum Gasteiger partial charge on any atom is 0.272 e. The monoisotopic (exact) mass is 438 g/mol. The van der Waals surface area contributed by atoms with Crippen molar-refractivity contribution in [3.05, 3.63) is 58.1 Å². The predicted octanol–water partition coefficient (Wildman–Crippen LogP) is 2.01. The van der Waals surface area contributed by atoms with Crippen LogP contribution in [0.5, 0.6) is 17.2 Å². The zero-order valence-electron chi connectivity index (χ0n) is 18.8. The van der Waals surface area contributed by atoms with Gasteiger partial charge in [-0.05, 0) is 37.3 Å². The third-order valence-electron chi connectivity index (χ3n) is 5.70. The average Bonchev–Trinajstić information content (AvgIpc) is 3.14. The number of methoxy groups -OCH3 is 2. The smallest absolute Gasteiger partial charge is 0.272 e. The van der Waals surface area contributed by atoms with Crippen molar-refractivity contribution in [1.29, 1.82) is 0 Å². The Hall–Kier alpha value is -3.75. The molecule has 2 aromatic heterocycles. The number of aryl methyl sites for hydroxylation is 2. The van der Waals surface area contributed by atoms with Crippen molar-refractivity contribution in [1.82, 2.24) is 19.2 Å². The summed E-state index contributed by atoms with van der Waals surface area (Å²) in [5.74, 6) is 1.71. The first-order valence-electron chi connectivity index (χ1n) is 10.2. The van der Waals surface area contributed by atoms with Crippen molar-refractivity contribution >= 4 is 5.91 Å².